The lowest BCUT2D eigenvalue weighted by molar-refractivity contribution is 0.0519. The summed E-state index contributed by atoms with van der Waals surface area (Å²) in [5.74, 6) is 5.87. The lowest BCUT2D eigenvalue weighted by Gasteiger charge is -1.99. The maximum Gasteiger partial charge on any atom is 0.355 e. The maximum absolute atomic E-state index is 11.7. The molecule has 0 saturated heterocycles. The van der Waals surface area contributed by atoms with E-state index in [2.05, 4.69) is 22.1 Å². The summed E-state index contributed by atoms with van der Waals surface area (Å²) in [7, 11) is 1.90. The van der Waals surface area contributed by atoms with Crippen LogP contribution < -0.4 is 5.32 Å². The number of carbonyl (C=O) groups excluding carboxylic acids is 1. The molecule has 18 heavy (non-hydrogen) atoms. The van der Waals surface area contributed by atoms with Gasteiger partial charge in [0.1, 0.15) is 5.69 Å². The summed E-state index contributed by atoms with van der Waals surface area (Å²) in [4.78, 5) is 14.7. The minimum absolute atomic E-state index is 0.318. The molecule has 0 amide bonds. The number of H-pyrrole nitrogens is 1. The smallest absolute Gasteiger partial charge is 0.355 e. The lowest BCUT2D eigenvalue weighted by atomic mass is 10.1. The molecule has 0 aliphatic carbocycles. The van der Waals surface area contributed by atoms with Crippen molar-refractivity contribution >= 4 is 5.97 Å². The van der Waals surface area contributed by atoms with E-state index in [9.17, 15) is 4.79 Å². The predicted molar refractivity (Wildman–Crippen MR) is 71.6 cm³/mol. The number of esters is 1. The van der Waals surface area contributed by atoms with E-state index in [1.165, 1.54) is 0 Å². The molecule has 0 atom stereocenters. The Morgan fingerprint density at radius 2 is 2.17 bits per heavy atom. The number of aromatic nitrogens is 1. The monoisotopic (exact) mass is 248 g/mol. The predicted octanol–water partition coefficient (Wildman–Crippen LogP) is 1.77. The van der Waals surface area contributed by atoms with Crippen molar-refractivity contribution in [2.45, 2.75) is 27.2 Å². The molecule has 1 heterocycles. The molecule has 2 N–H and O–H groups in total. The van der Waals surface area contributed by atoms with Crippen LogP contribution in [0.2, 0.25) is 0 Å². The molecule has 0 saturated carbocycles. The quantitative estimate of drug-likeness (QED) is 0.485. The molecule has 0 aliphatic heterocycles. The van der Waals surface area contributed by atoms with Crippen LogP contribution in [0.3, 0.4) is 0 Å². The topological polar surface area (TPSA) is 54.1 Å². The highest BCUT2D eigenvalue weighted by Crippen LogP contribution is 2.17. The van der Waals surface area contributed by atoms with Crippen LogP contribution in [0.25, 0.3) is 0 Å². The van der Waals surface area contributed by atoms with Crippen LogP contribution in [-0.4, -0.2) is 31.2 Å². The average Bonchev–Trinajstić information content (AvgIpc) is 2.62. The summed E-state index contributed by atoms with van der Waals surface area (Å²) in [6, 6.07) is 0. The fourth-order valence-electron chi connectivity index (χ4n) is 1.68. The van der Waals surface area contributed by atoms with Crippen LogP contribution in [0.15, 0.2) is 0 Å². The highest BCUT2D eigenvalue weighted by Gasteiger charge is 2.16. The summed E-state index contributed by atoms with van der Waals surface area (Å²) in [5.41, 5.74) is 3.18. The van der Waals surface area contributed by atoms with E-state index in [-0.39, 0.29) is 5.97 Å². The third-order valence-electron chi connectivity index (χ3n) is 2.63. The first-order chi connectivity index (χ1) is 8.61. The second-order valence-corrected chi connectivity index (χ2v) is 4.00. The highest BCUT2D eigenvalue weighted by molar-refractivity contribution is 5.90. The fraction of sp³-hybridized carbons (Fsp3) is 0.500. The van der Waals surface area contributed by atoms with E-state index in [4.69, 9.17) is 4.74 Å². The van der Waals surface area contributed by atoms with Crippen molar-refractivity contribution in [3.8, 4) is 11.8 Å². The second kappa shape index (κ2) is 6.87. The Labute approximate surface area is 108 Å². The van der Waals surface area contributed by atoms with Gasteiger partial charge < -0.3 is 15.0 Å². The lowest BCUT2D eigenvalue weighted by Crippen LogP contribution is -2.06. The average molecular weight is 248 g/mol. The number of aromatic amines is 1. The zero-order valence-electron chi connectivity index (χ0n) is 11.4. The number of hydrogen-bond donors (Lipinski definition) is 2. The van der Waals surface area contributed by atoms with Gasteiger partial charge in [0.25, 0.3) is 0 Å². The zero-order chi connectivity index (χ0) is 13.5. The molecule has 1 rings (SSSR count). The van der Waals surface area contributed by atoms with Crippen molar-refractivity contribution in [2.75, 3.05) is 20.2 Å². The van der Waals surface area contributed by atoms with Crippen molar-refractivity contribution < 1.29 is 9.53 Å². The Hall–Kier alpha value is -1.73. The Balaban J connectivity index is 2.92. The summed E-state index contributed by atoms with van der Waals surface area (Å²) in [6.07, 6.45) is 0.787. The molecular weight excluding hydrogens is 228 g/mol. The van der Waals surface area contributed by atoms with Crippen LogP contribution in [0.1, 0.15) is 40.7 Å². The molecule has 0 radical (unpaired) electrons. The molecule has 0 spiro atoms. The molecule has 0 aromatic carbocycles. The standard InChI is InChI=1S/C14H20N2O2/c1-5-18-14(17)13-10(2)12(11(3)16-13)8-6-7-9-15-4/h15-16H,5,7,9H2,1-4H3. The van der Waals surface area contributed by atoms with Gasteiger partial charge in [-0.15, -0.1) is 0 Å². The molecule has 4 nitrogen and oxygen atoms in total. The van der Waals surface area contributed by atoms with Crippen molar-refractivity contribution in [1.29, 1.82) is 0 Å². The van der Waals surface area contributed by atoms with E-state index < -0.39 is 0 Å². The van der Waals surface area contributed by atoms with Crippen LogP contribution in [-0.2, 0) is 4.74 Å². The first kappa shape index (κ1) is 14.3. The summed E-state index contributed by atoms with van der Waals surface area (Å²) in [6.45, 7) is 6.83. The van der Waals surface area contributed by atoms with E-state index in [1.54, 1.807) is 6.92 Å². The molecule has 0 fully saturated rings. The number of hydrogen-bond acceptors (Lipinski definition) is 3. The van der Waals surface area contributed by atoms with Gasteiger partial charge in [0.2, 0.25) is 0 Å². The number of nitrogens with one attached hydrogen (secondary N) is 2. The van der Waals surface area contributed by atoms with Gasteiger partial charge in [0.15, 0.2) is 0 Å². The van der Waals surface area contributed by atoms with E-state index in [0.717, 1.165) is 29.8 Å². The summed E-state index contributed by atoms with van der Waals surface area (Å²) in [5, 5.41) is 3.04. The third-order valence-corrected chi connectivity index (χ3v) is 2.63. The molecule has 1 aromatic rings. The van der Waals surface area contributed by atoms with Crippen LogP contribution >= 0.6 is 0 Å². The van der Waals surface area contributed by atoms with Gasteiger partial charge in [-0.3, -0.25) is 0 Å². The van der Waals surface area contributed by atoms with Crippen molar-refractivity contribution in [1.82, 2.24) is 10.3 Å². The highest BCUT2D eigenvalue weighted by atomic mass is 16.5. The van der Waals surface area contributed by atoms with Gasteiger partial charge in [-0.2, -0.15) is 0 Å². The van der Waals surface area contributed by atoms with Gasteiger partial charge in [-0.1, -0.05) is 11.8 Å². The Kier molecular flexibility index (Phi) is 5.47. The van der Waals surface area contributed by atoms with Gasteiger partial charge >= 0.3 is 5.97 Å². The number of carbonyl (C=O) groups is 1. The van der Waals surface area contributed by atoms with Gasteiger partial charge in [0.05, 0.1) is 6.61 Å². The van der Waals surface area contributed by atoms with Crippen molar-refractivity contribution in [3.63, 3.8) is 0 Å². The minimum Gasteiger partial charge on any atom is -0.461 e. The van der Waals surface area contributed by atoms with Gasteiger partial charge in [-0.05, 0) is 33.4 Å². The third kappa shape index (κ3) is 3.38. The molecule has 0 unspecified atom stereocenters. The number of aryl methyl sites for hydroxylation is 1. The first-order valence-electron chi connectivity index (χ1n) is 6.11. The van der Waals surface area contributed by atoms with Gasteiger partial charge in [-0.25, -0.2) is 4.79 Å². The Morgan fingerprint density at radius 1 is 1.44 bits per heavy atom. The SMILES string of the molecule is CCOC(=O)c1[nH]c(C)c(C#CCCNC)c1C. The van der Waals surface area contributed by atoms with E-state index in [0.29, 0.717) is 12.3 Å². The Morgan fingerprint density at radius 3 is 2.78 bits per heavy atom. The zero-order valence-corrected chi connectivity index (χ0v) is 11.4. The Bertz CT molecular complexity index is 478. The van der Waals surface area contributed by atoms with E-state index >= 15 is 0 Å². The fourth-order valence-corrected chi connectivity index (χ4v) is 1.68. The molecule has 0 bridgehead atoms. The van der Waals surface area contributed by atoms with Crippen LogP contribution in [0.5, 0.6) is 0 Å². The van der Waals surface area contributed by atoms with Crippen molar-refractivity contribution in [2.24, 2.45) is 0 Å². The van der Waals surface area contributed by atoms with E-state index in [1.807, 2.05) is 20.9 Å². The summed E-state index contributed by atoms with van der Waals surface area (Å²) < 4.78 is 4.99. The summed E-state index contributed by atoms with van der Waals surface area (Å²) >= 11 is 0. The molecule has 4 heteroatoms. The molecule has 98 valence electrons. The van der Waals surface area contributed by atoms with Crippen LogP contribution in [0.4, 0.5) is 0 Å². The molecular formula is C14H20N2O2. The normalized spacial score (nSPS) is 9.78. The molecule has 0 aliphatic rings. The first-order valence-corrected chi connectivity index (χ1v) is 6.11. The number of rotatable bonds is 4. The van der Waals surface area contributed by atoms with Crippen LogP contribution in [0, 0.1) is 25.7 Å². The molecule has 1 aromatic heterocycles. The second-order valence-electron chi connectivity index (χ2n) is 4.00. The largest absolute Gasteiger partial charge is 0.461 e. The minimum atomic E-state index is -0.318. The van der Waals surface area contributed by atoms with Gasteiger partial charge in [0, 0.05) is 24.2 Å². The van der Waals surface area contributed by atoms with Crippen molar-refractivity contribution in [3.05, 3.63) is 22.5 Å². The maximum atomic E-state index is 11.7. The number of ether oxygens (including phenoxy) is 1.